The van der Waals surface area contributed by atoms with E-state index in [9.17, 15) is 0 Å². The number of nitrogens with one attached hydrogen (secondary N) is 1. The summed E-state index contributed by atoms with van der Waals surface area (Å²) in [5, 5.41) is 4.78. The molecular weight excluding hydrogens is 256 g/mol. The van der Waals surface area contributed by atoms with Gasteiger partial charge in [-0.3, -0.25) is 0 Å². The molecule has 0 amide bonds. The third-order valence-corrected chi connectivity index (χ3v) is 5.70. The Balaban J connectivity index is 1.88. The first-order valence-corrected chi connectivity index (χ1v) is 8.42. The Labute approximate surface area is 119 Å². The fourth-order valence-corrected chi connectivity index (χ4v) is 4.49. The van der Waals surface area contributed by atoms with Gasteiger partial charge in [-0.25, -0.2) is 4.98 Å². The van der Waals surface area contributed by atoms with Gasteiger partial charge in [-0.2, -0.15) is 0 Å². The van der Waals surface area contributed by atoms with E-state index in [-0.39, 0.29) is 5.60 Å². The Kier molecular flexibility index (Phi) is 3.92. The van der Waals surface area contributed by atoms with Crippen molar-refractivity contribution in [1.82, 2.24) is 10.3 Å². The molecule has 0 bridgehead atoms. The van der Waals surface area contributed by atoms with Crippen LogP contribution in [0.1, 0.15) is 67.6 Å². The van der Waals surface area contributed by atoms with Gasteiger partial charge in [0.25, 0.3) is 0 Å². The van der Waals surface area contributed by atoms with Crippen LogP contribution in [0.3, 0.4) is 0 Å². The average Bonchev–Trinajstić information content (AvgIpc) is 2.86. The summed E-state index contributed by atoms with van der Waals surface area (Å²) < 4.78 is 6.05. The molecule has 1 aliphatic carbocycles. The first-order valence-electron chi connectivity index (χ1n) is 7.60. The first kappa shape index (κ1) is 13.5. The van der Waals surface area contributed by atoms with Crippen molar-refractivity contribution >= 4 is 11.3 Å². The van der Waals surface area contributed by atoms with Crippen LogP contribution >= 0.6 is 11.3 Å². The predicted molar refractivity (Wildman–Crippen MR) is 78.6 cm³/mol. The van der Waals surface area contributed by atoms with Crippen molar-refractivity contribution in [2.45, 2.75) is 64.0 Å². The zero-order valence-corrected chi connectivity index (χ0v) is 12.8. The summed E-state index contributed by atoms with van der Waals surface area (Å²) in [6.45, 7) is 6.30. The molecule has 4 heteroatoms. The number of nitrogens with zero attached hydrogens (tertiary/aromatic N) is 1. The number of rotatable bonds is 3. The molecule has 2 unspecified atom stereocenters. The van der Waals surface area contributed by atoms with Crippen LogP contribution in [0, 0.1) is 0 Å². The highest BCUT2D eigenvalue weighted by Crippen LogP contribution is 2.41. The van der Waals surface area contributed by atoms with Crippen LogP contribution in [0.4, 0.5) is 0 Å². The van der Waals surface area contributed by atoms with E-state index < -0.39 is 0 Å². The van der Waals surface area contributed by atoms with E-state index in [0.717, 1.165) is 19.6 Å². The second-order valence-corrected chi connectivity index (χ2v) is 6.95. The number of aryl methyl sites for hydroxylation is 1. The van der Waals surface area contributed by atoms with Gasteiger partial charge in [-0.05, 0) is 52.0 Å². The van der Waals surface area contributed by atoms with Crippen molar-refractivity contribution in [1.29, 1.82) is 0 Å². The number of fused-ring (bicyclic) bond motifs is 1. The zero-order chi connectivity index (χ0) is 13.3. The summed E-state index contributed by atoms with van der Waals surface area (Å²) in [4.78, 5) is 6.47. The fraction of sp³-hybridized carbons (Fsp3) is 0.800. The maximum atomic E-state index is 6.05. The van der Waals surface area contributed by atoms with Crippen LogP contribution in [-0.4, -0.2) is 18.1 Å². The predicted octanol–water partition coefficient (Wildman–Crippen LogP) is 3.55. The molecular formula is C15H24N2OS. The lowest BCUT2D eigenvalue weighted by Crippen LogP contribution is -2.30. The Morgan fingerprint density at radius 3 is 3.05 bits per heavy atom. The highest BCUT2D eigenvalue weighted by molar-refractivity contribution is 7.11. The molecule has 19 heavy (non-hydrogen) atoms. The Morgan fingerprint density at radius 1 is 1.42 bits per heavy atom. The van der Waals surface area contributed by atoms with Crippen LogP contribution in [0.5, 0.6) is 0 Å². The van der Waals surface area contributed by atoms with E-state index in [0.29, 0.717) is 6.04 Å². The van der Waals surface area contributed by atoms with E-state index in [1.54, 1.807) is 0 Å². The molecule has 0 radical (unpaired) electrons. The number of thiazole rings is 1. The largest absolute Gasteiger partial charge is 0.368 e. The first-order chi connectivity index (χ1) is 9.23. The van der Waals surface area contributed by atoms with Gasteiger partial charge >= 0.3 is 0 Å². The molecule has 1 fully saturated rings. The maximum absolute atomic E-state index is 6.05. The van der Waals surface area contributed by atoms with Crippen molar-refractivity contribution < 1.29 is 4.74 Å². The third kappa shape index (κ3) is 2.58. The average molecular weight is 280 g/mol. The summed E-state index contributed by atoms with van der Waals surface area (Å²) in [6, 6.07) is 0.464. The molecule has 2 aliphatic rings. The highest BCUT2D eigenvalue weighted by Gasteiger charge is 2.35. The number of hydrogen-bond donors (Lipinski definition) is 1. The van der Waals surface area contributed by atoms with Gasteiger partial charge in [0, 0.05) is 11.5 Å². The quantitative estimate of drug-likeness (QED) is 0.919. The van der Waals surface area contributed by atoms with Crippen molar-refractivity contribution in [3.63, 3.8) is 0 Å². The smallest absolute Gasteiger partial charge is 0.125 e. The van der Waals surface area contributed by atoms with E-state index in [1.807, 2.05) is 11.3 Å². The normalized spacial score (nSPS) is 31.2. The minimum absolute atomic E-state index is 0.128. The van der Waals surface area contributed by atoms with Crippen molar-refractivity contribution in [2.24, 2.45) is 0 Å². The number of aromatic nitrogens is 1. The molecule has 1 aromatic heterocycles. The summed E-state index contributed by atoms with van der Waals surface area (Å²) in [5.74, 6) is 0. The third-order valence-electron chi connectivity index (χ3n) is 4.33. The van der Waals surface area contributed by atoms with Crippen molar-refractivity contribution in [2.75, 3.05) is 13.2 Å². The highest BCUT2D eigenvalue weighted by atomic mass is 32.1. The number of ether oxygens (including phenoxy) is 1. The summed E-state index contributed by atoms with van der Waals surface area (Å²) >= 11 is 1.89. The molecule has 0 aromatic carbocycles. The molecule has 2 atom stereocenters. The lowest BCUT2D eigenvalue weighted by Gasteiger charge is -2.31. The minimum atomic E-state index is -0.128. The molecule has 106 valence electrons. The van der Waals surface area contributed by atoms with Gasteiger partial charge in [0.2, 0.25) is 0 Å². The van der Waals surface area contributed by atoms with Gasteiger partial charge in [-0.15, -0.1) is 11.3 Å². The standard InChI is InChI=1S/C15H24N2OS/c1-3-16-11-7-6-8-12-13(11)17-14(19-12)15(2)9-4-5-10-18-15/h11,16H,3-10H2,1-2H3. The lowest BCUT2D eigenvalue weighted by atomic mass is 9.95. The Morgan fingerprint density at radius 2 is 2.32 bits per heavy atom. The van der Waals surface area contributed by atoms with Crippen LogP contribution in [0.15, 0.2) is 0 Å². The Bertz CT molecular complexity index is 437. The summed E-state index contributed by atoms with van der Waals surface area (Å²) in [5.41, 5.74) is 1.18. The van der Waals surface area contributed by atoms with Crippen LogP contribution in [-0.2, 0) is 16.8 Å². The van der Waals surface area contributed by atoms with E-state index >= 15 is 0 Å². The molecule has 2 heterocycles. The number of hydrogen-bond acceptors (Lipinski definition) is 4. The van der Waals surface area contributed by atoms with Crippen molar-refractivity contribution in [3.05, 3.63) is 15.6 Å². The SMILES string of the molecule is CCNC1CCCc2sc(C3(C)CCCCO3)nc21. The fourth-order valence-electron chi connectivity index (χ4n) is 3.19. The lowest BCUT2D eigenvalue weighted by molar-refractivity contribution is -0.0703. The molecule has 1 aliphatic heterocycles. The zero-order valence-electron chi connectivity index (χ0n) is 12.0. The Hall–Kier alpha value is -0.450. The van der Waals surface area contributed by atoms with Crippen LogP contribution in [0.25, 0.3) is 0 Å². The maximum Gasteiger partial charge on any atom is 0.125 e. The minimum Gasteiger partial charge on any atom is -0.368 e. The van der Waals surface area contributed by atoms with Crippen LogP contribution in [0.2, 0.25) is 0 Å². The summed E-state index contributed by atoms with van der Waals surface area (Å²) in [7, 11) is 0. The molecule has 3 nitrogen and oxygen atoms in total. The molecule has 1 N–H and O–H groups in total. The van der Waals surface area contributed by atoms with Gasteiger partial charge in [0.1, 0.15) is 10.6 Å². The van der Waals surface area contributed by atoms with Gasteiger partial charge in [0.15, 0.2) is 0 Å². The monoisotopic (exact) mass is 280 g/mol. The molecule has 1 aromatic rings. The molecule has 1 saturated heterocycles. The molecule has 0 spiro atoms. The van der Waals surface area contributed by atoms with Crippen molar-refractivity contribution in [3.8, 4) is 0 Å². The summed E-state index contributed by atoms with van der Waals surface area (Å²) in [6.07, 6.45) is 7.28. The van der Waals surface area contributed by atoms with Gasteiger partial charge < -0.3 is 10.1 Å². The van der Waals surface area contributed by atoms with E-state index in [1.165, 1.54) is 47.7 Å². The van der Waals surface area contributed by atoms with Crippen LogP contribution < -0.4 is 5.32 Å². The van der Waals surface area contributed by atoms with E-state index in [2.05, 4.69) is 19.2 Å². The second kappa shape index (κ2) is 5.51. The second-order valence-electron chi connectivity index (χ2n) is 5.87. The molecule has 0 saturated carbocycles. The molecule has 3 rings (SSSR count). The van der Waals surface area contributed by atoms with E-state index in [4.69, 9.17) is 9.72 Å². The van der Waals surface area contributed by atoms with Gasteiger partial charge in [-0.1, -0.05) is 6.92 Å². The van der Waals surface area contributed by atoms with Gasteiger partial charge in [0.05, 0.1) is 11.7 Å². The topological polar surface area (TPSA) is 34.1 Å².